The monoisotopic (exact) mass is 262 g/mol. The molecule has 0 aliphatic rings. The highest BCUT2D eigenvalue weighted by atomic mass is 32.2. The van der Waals surface area contributed by atoms with E-state index in [2.05, 4.69) is 9.15 Å². The van der Waals surface area contributed by atoms with E-state index in [0.717, 1.165) is 13.4 Å². The number of esters is 1. The maximum absolute atomic E-state index is 11.5. The second-order valence-corrected chi connectivity index (χ2v) is 5.25. The molecule has 0 saturated carbocycles. The fourth-order valence-electron chi connectivity index (χ4n) is 1.16. The Morgan fingerprint density at radius 2 is 2.12 bits per heavy atom. The quantitative estimate of drug-likeness (QED) is 0.747. The molecule has 0 unspecified atom stereocenters. The lowest BCUT2D eigenvalue weighted by molar-refractivity contribution is -0.137. The van der Waals surface area contributed by atoms with Crippen molar-refractivity contribution in [3.63, 3.8) is 0 Å². The van der Waals surface area contributed by atoms with Crippen LogP contribution in [0.5, 0.6) is 0 Å². The zero-order valence-corrected chi connectivity index (χ0v) is 9.69. The van der Waals surface area contributed by atoms with Crippen LogP contribution in [0, 0.1) is 0 Å². The number of rotatable bonds is 5. The van der Waals surface area contributed by atoms with Crippen molar-refractivity contribution in [3.8, 4) is 0 Å². The first kappa shape index (κ1) is 13.2. The van der Waals surface area contributed by atoms with Gasteiger partial charge in [-0.2, -0.15) is 0 Å². The van der Waals surface area contributed by atoms with Crippen molar-refractivity contribution >= 4 is 21.8 Å². The summed E-state index contributed by atoms with van der Waals surface area (Å²) in [6, 6.07) is 1.23. The molecule has 0 saturated heterocycles. The summed E-state index contributed by atoms with van der Waals surface area (Å²) in [7, 11) is -2.70. The average molecular weight is 262 g/mol. The Kier molecular flexibility index (Phi) is 3.89. The van der Waals surface area contributed by atoms with Gasteiger partial charge in [0.25, 0.3) is 0 Å². The zero-order valence-electron chi connectivity index (χ0n) is 8.87. The minimum Gasteiger partial charge on any atom is -0.475 e. The normalized spacial score (nSPS) is 11.1. The maximum Gasteiger partial charge on any atom is 0.372 e. The molecule has 0 aliphatic carbocycles. The van der Waals surface area contributed by atoms with E-state index >= 15 is 0 Å². The molecule has 1 heterocycles. The minimum absolute atomic E-state index is 0.00130. The Balaban J connectivity index is 2.87. The van der Waals surface area contributed by atoms with Crippen LogP contribution >= 0.6 is 0 Å². The van der Waals surface area contributed by atoms with Gasteiger partial charge in [0.15, 0.2) is 9.84 Å². The number of methoxy groups -OCH3 is 1. The molecule has 17 heavy (non-hydrogen) atoms. The van der Waals surface area contributed by atoms with Crippen LogP contribution in [0.15, 0.2) is 16.7 Å². The summed E-state index contributed by atoms with van der Waals surface area (Å²) in [6.45, 7) is 0. The van der Waals surface area contributed by atoms with Crippen molar-refractivity contribution in [2.45, 2.75) is 5.75 Å². The summed E-state index contributed by atoms with van der Waals surface area (Å²) in [5, 5.41) is 8.70. The number of aromatic carboxylic acids is 1. The number of carbonyl (C=O) groups is 2. The Bertz CT molecular complexity index is 525. The number of carboxylic acids is 1. The summed E-state index contributed by atoms with van der Waals surface area (Å²) in [4.78, 5) is 21.5. The van der Waals surface area contributed by atoms with E-state index in [1.807, 2.05) is 0 Å². The Morgan fingerprint density at radius 1 is 1.47 bits per heavy atom. The fourth-order valence-corrected chi connectivity index (χ4v) is 2.44. The van der Waals surface area contributed by atoms with E-state index in [1.165, 1.54) is 6.07 Å². The predicted molar refractivity (Wildman–Crippen MR) is 55.2 cm³/mol. The molecule has 0 fully saturated rings. The van der Waals surface area contributed by atoms with Crippen LogP contribution in [0.1, 0.15) is 16.1 Å². The molecule has 1 N–H and O–H groups in total. The highest BCUT2D eigenvalue weighted by Crippen LogP contribution is 2.14. The predicted octanol–water partition coefficient (Wildman–Crippen LogP) is 0.0656. The summed E-state index contributed by atoms with van der Waals surface area (Å²) < 4.78 is 31.9. The van der Waals surface area contributed by atoms with E-state index < -0.39 is 39.0 Å². The SMILES string of the molecule is COC(=O)CS(=O)(=O)Cc1ccoc1C(=O)O. The molecule has 7 nitrogen and oxygen atoms in total. The lowest BCUT2D eigenvalue weighted by atomic mass is 10.3. The van der Waals surface area contributed by atoms with E-state index in [9.17, 15) is 18.0 Å². The van der Waals surface area contributed by atoms with Crippen molar-refractivity contribution in [2.75, 3.05) is 12.9 Å². The van der Waals surface area contributed by atoms with E-state index in [0.29, 0.717) is 0 Å². The molecular weight excluding hydrogens is 252 g/mol. The van der Waals surface area contributed by atoms with Crippen LogP contribution in [0.25, 0.3) is 0 Å². The molecule has 0 bridgehead atoms. The highest BCUT2D eigenvalue weighted by molar-refractivity contribution is 7.91. The molecule has 1 aromatic heterocycles. The smallest absolute Gasteiger partial charge is 0.372 e. The van der Waals surface area contributed by atoms with Crippen molar-refractivity contribution in [2.24, 2.45) is 0 Å². The van der Waals surface area contributed by atoms with Crippen molar-refractivity contribution in [1.82, 2.24) is 0 Å². The van der Waals surface area contributed by atoms with E-state index in [1.54, 1.807) is 0 Å². The molecule has 0 radical (unpaired) electrons. The zero-order chi connectivity index (χ0) is 13.1. The number of furan rings is 1. The number of hydrogen-bond donors (Lipinski definition) is 1. The van der Waals surface area contributed by atoms with Crippen LogP contribution in [-0.4, -0.2) is 38.3 Å². The first-order chi connectivity index (χ1) is 7.85. The molecule has 1 rings (SSSR count). The number of carboxylic acid groups (broad SMARTS) is 1. The third kappa shape index (κ3) is 3.59. The van der Waals surface area contributed by atoms with Crippen LogP contribution in [0.4, 0.5) is 0 Å². The second-order valence-electron chi connectivity index (χ2n) is 3.19. The topological polar surface area (TPSA) is 111 Å². The van der Waals surface area contributed by atoms with Crippen LogP contribution < -0.4 is 0 Å². The maximum atomic E-state index is 11.5. The largest absolute Gasteiger partial charge is 0.475 e. The number of hydrogen-bond acceptors (Lipinski definition) is 6. The van der Waals surface area contributed by atoms with Gasteiger partial charge in [-0.25, -0.2) is 13.2 Å². The van der Waals surface area contributed by atoms with Gasteiger partial charge in [0.2, 0.25) is 5.76 Å². The van der Waals surface area contributed by atoms with Gasteiger partial charge in [0.05, 0.1) is 19.1 Å². The molecule has 0 amide bonds. The summed E-state index contributed by atoms with van der Waals surface area (Å²) in [5.74, 6) is -4.09. The summed E-state index contributed by atoms with van der Waals surface area (Å²) in [5.41, 5.74) is 0.00130. The van der Waals surface area contributed by atoms with Gasteiger partial charge < -0.3 is 14.3 Å². The van der Waals surface area contributed by atoms with E-state index in [4.69, 9.17) is 5.11 Å². The third-order valence-corrected chi connectivity index (χ3v) is 3.31. The van der Waals surface area contributed by atoms with Crippen LogP contribution in [0.2, 0.25) is 0 Å². The lowest BCUT2D eigenvalue weighted by Crippen LogP contribution is -2.19. The van der Waals surface area contributed by atoms with Crippen LogP contribution in [-0.2, 0) is 25.1 Å². The van der Waals surface area contributed by atoms with Gasteiger partial charge in [-0.05, 0) is 6.07 Å². The van der Waals surface area contributed by atoms with Gasteiger partial charge in [-0.15, -0.1) is 0 Å². The molecule has 0 spiro atoms. The number of carbonyl (C=O) groups excluding carboxylic acids is 1. The lowest BCUT2D eigenvalue weighted by Gasteiger charge is -2.02. The molecular formula is C9H10O7S. The first-order valence-electron chi connectivity index (χ1n) is 4.42. The number of ether oxygens (including phenoxy) is 1. The fraction of sp³-hybridized carbons (Fsp3) is 0.333. The Hall–Kier alpha value is -1.83. The highest BCUT2D eigenvalue weighted by Gasteiger charge is 2.23. The van der Waals surface area contributed by atoms with Crippen molar-refractivity contribution in [1.29, 1.82) is 0 Å². The molecule has 0 atom stereocenters. The Morgan fingerprint density at radius 3 is 2.65 bits per heavy atom. The van der Waals surface area contributed by atoms with Gasteiger partial charge >= 0.3 is 11.9 Å². The van der Waals surface area contributed by atoms with Crippen molar-refractivity contribution in [3.05, 3.63) is 23.7 Å². The molecule has 8 heteroatoms. The summed E-state index contributed by atoms with van der Waals surface area (Å²) in [6.07, 6.45) is 1.08. The second kappa shape index (κ2) is 5.00. The Labute approximate surface area is 96.9 Å². The number of sulfone groups is 1. The molecule has 1 aromatic rings. The molecule has 0 aromatic carbocycles. The average Bonchev–Trinajstić information content (AvgIpc) is 2.64. The molecule has 94 valence electrons. The van der Waals surface area contributed by atoms with Gasteiger partial charge in [-0.1, -0.05) is 0 Å². The van der Waals surface area contributed by atoms with Crippen LogP contribution in [0.3, 0.4) is 0 Å². The van der Waals surface area contributed by atoms with Gasteiger partial charge in [0.1, 0.15) is 5.75 Å². The third-order valence-electron chi connectivity index (χ3n) is 1.88. The van der Waals surface area contributed by atoms with Gasteiger partial charge in [-0.3, -0.25) is 4.79 Å². The van der Waals surface area contributed by atoms with E-state index in [-0.39, 0.29) is 5.56 Å². The van der Waals surface area contributed by atoms with Crippen molar-refractivity contribution < 1.29 is 32.3 Å². The van der Waals surface area contributed by atoms with Gasteiger partial charge in [0, 0.05) is 5.56 Å². The standard InChI is InChI=1S/C9H10O7S/c1-15-7(10)5-17(13,14)4-6-2-3-16-8(6)9(11)12/h2-3H,4-5H2,1H3,(H,11,12). The molecule has 0 aliphatic heterocycles. The first-order valence-corrected chi connectivity index (χ1v) is 6.25. The summed E-state index contributed by atoms with van der Waals surface area (Å²) >= 11 is 0. The minimum atomic E-state index is -3.77.